The molecule has 0 unspecified atom stereocenters. The van der Waals surface area contributed by atoms with Crippen LogP contribution in [0.4, 0.5) is 0 Å². The van der Waals surface area contributed by atoms with E-state index in [1.807, 2.05) is 6.07 Å². The SMILES string of the molecule is CC(C)c1ccc(CSc2ncnc3scc(-c4ccccc4)c23)cc1. The Morgan fingerprint density at radius 2 is 1.73 bits per heavy atom. The molecule has 2 aromatic carbocycles. The molecule has 0 fully saturated rings. The molecule has 2 heterocycles. The molecule has 130 valence electrons. The molecule has 0 spiro atoms. The van der Waals surface area contributed by atoms with Gasteiger partial charge in [0.2, 0.25) is 0 Å². The summed E-state index contributed by atoms with van der Waals surface area (Å²) in [5, 5.41) is 4.42. The van der Waals surface area contributed by atoms with Crippen molar-refractivity contribution >= 4 is 33.3 Å². The lowest BCUT2D eigenvalue weighted by molar-refractivity contribution is 0.866. The Kier molecular flexibility index (Phi) is 5.05. The Bertz CT molecular complexity index is 1010. The summed E-state index contributed by atoms with van der Waals surface area (Å²) in [7, 11) is 0. The van der Waals surface area contributed by atoms with Gasteiger partial charge in [-0.1, -0.05) is 68.4 Å². The molecule has 2 aromatic heterocycles. The third-order valence-corrected chi connectivity index (χ3v) is 6.39. The van der Waals surface area contributed by atoms with Crippen LogP contribution in [-0.4, -0.2) is 9.97 Å². The second-order valence-electron chi connectivity index (χ2n) is 6.56. The first-order valence-corrected chi connectivity index (χ1v) is 10.6. The van der Waals surface area contributed by atoms with Gasteiger partial charge in [-0.3, -0.25) is 0 Å². The zero-order valence-corrected chi connectivity index (χ0v) is 16.5. The molecule has 0 radical (unpaired) electrons. The van der Waals surface area contributed by atoms with E-state index in [0.29, 0.717) is 5.92 Å². The van der Waals surface area contributed by atoms with Gasteiger partial charge < -0.3 is 0 Å². The van der Waals surface area contributed by atoms with Crippen LogP contribution in [-0.2, 0) is 5.75 Å². The average Bonchev–Trinajstić information content (AvgIpc) is 3.12. The summed E-state index contributed by atoms with van der Waals surface area (Å²) in [6.07, 6.45) is 1.68. The van der Waals surface area contributed by atoms with E-state index in [9.17, 15) is 0 Å². The number of thioether (sulfide) groups is 1. The zero-order valence-electron chi connectivity index (χ0n) is 14.8. The van der Waals surface area contributed by atoms with Crippen molar-refractivity contribution in [2.75, 3.05) is 0 Å². The van der Waals surface area contributed by atoms with Gasteiger partial charge in [-0.2, -0.15) is 0 Å². The molecule has 0 aliphatic carbocycles. The quantitative estimate of drug-likeness (QED) is 0.284. The fourth-order valence-electron chi connectivity index (χ4n) is 2.94. The van der Waals surface area contributed by atoms with Crippen LogP contribution in [0.1, 0.15) is 30.9 Å². The highest BCUT2D eigenvalue weighted by atomic mass is 32.2. The number of hydrogen-bond donors (Lipinski definition) is 0. The van der Waals surface area contributed by atoms with Gasteiger partial charge in [0, 0.05) is 16.7 Å². The molecule has 0 saturated carbocycles. The van der Waals surface area contributed by atoms with Gasteiger partial charge >= 0.3 is 0 Å². The van der Waals surface area contributed by atoms with Gasteiger partial charge in [-0.05, 0) is 22.6 Å². The van der Waals surface area contributed by atoms with E-state index in [2.05, 4.69) is 77.7 Å². The third-order valence-electron chi connectivity index (χ3n) is 4.44. The normalized spacial score (nSPS) is 11.3. The van der Waals surface area contributed by atoms with Crippen molar-refractivity contribution in [3.63, 3.8) is 0 Å². The number of benzene rings is 2. The fourth-order valence-corrected chi connectivity index (χ4v) is 4.89. The predicted octanol–water partition coefficient (Wildman–Crippen LogP) is 6.77. The van der Waals surface area contributed by atoms with Crippen LogP contribution in [0.15, 0.2) is 71.3 Å². The van der Waals surface area contributed by atoms with Crippen LogP contribution in [0.5, 0.6) is 0 Å². The van der Waals surface area contributed by atoms with Crippen molar-refractivity contribution < 1.29 is 0 Å². The molecule has 0 bridgehead atoms. The first kappa shape index (κ1) is 17.3. The maximum absolute atomic E-state index is 4.58. The molecule has 0 aliphatic rings. The number of nitrogens with zero attached hydrogens (tertiary/aromatic N) is 2. The van der Waals surface area contributed by atoms with E-state index in [0.717, 1.165) is 15.6 Å². The topological polar surface area (TPSA) is 25.8 Å². The minimum atomic E-state index is 0.567. The molecule has 4 aromatic rings. The number of rotatable bonds is 5. The Labute approximate surface area is 162 Å². The van der Waals surface area contributed by atoms with Crippen molar-refractivity contribution in [3.05, 3.63) is 77.4 Å². The van der Waals surface area contributed by atoms with Crippen LogP contribution in [0.25, 0.3) is 21.3 Å². The molecule has 4 heteroatoms. The smallest absolute Gasteiger partial charge is 0.128 e. The lowest BCUT2D eigenvalue weighted by Crippen LogP contribution is -1.89. The highest BCUT2D eigenvalue weighted by molar-refractivity contribution is 7.98. The Morgan fingerprint density at radius 3 is 2.46 bits per heavy atom. The summed E-state index contributed by atoms with van der Waals surface area (Å²) < 4.78 is 0. The van der Waals surface area contributed by atoms with Crippen LogP contribution in [0.2, 0.25) is 0 Å². The molecule has 0 aliphatic heterocycles. The summed E-state index contributed by atoms with van der Waals surface area (Å²) in [6, 6.07) is 19.4. The van der Waals surface area contributed by atoms with Crippen molar-refractivity contribution in [2.24, 2.45) is 0 Å². The lowest BCUT2D eigenvalue weighted by Gasteiger charge is -2.08. The molecule has 0 saturated heterocycles. The third kappa shape index (κ3) is 3.53. The van der Waals surface area contributed by atoms with Gasteiger partial charge in [-0.25, -0.2) is 9.97 Å². The second-order valence-corrected chi connectivity index (χ2v) is 8.38. The van der Waals surface area contributed by atoms with Crippen molar-refractivity contribution in [1.82, 2.24) is 9.97 Å². The minimum absolute atomic E-state index is 0.567. The Balaban J connectivity index is 1.63. The van der Waals surface area contributed by atoms with E-state index in [1.54, 1.807) is 29.4 Å². The highest BCUT2D eigenvalue weighted by Crippen LogP contribution is 2.38. The standard InChI is InChI=1S/C22H20N2S2/c1-15(2)17-10-8-16(9-11-17)12-25-21-20-19(18-6-4-3-5-7-18)13-26-22(20)24-14-23-21/h3-11,13-15H,12H2,1-2H3. The number of hydrogen-bond acceptors (Lipinski definition) is 4. The van der Waals surface area contributed by atoms with Crippen molar-refractivity contribution in [2.45, 2.75) is 30.5 Å². The lowest BCUT2D eigenvalue weighted by atomic mass is 10.0. The van der Waals surface area contributed by atoms with Crippen molar-refractivity contribution in [1.29, 1.82) is 0 Å². The average molecular weight is 377 g/mol. The van der Waals surface area contributed by atoms with Gasteiger partial charge in [-0.15, -0.1) is 23.1 Å². The van der Waals surface area contributed by atoms with Gasteiger partial charge in [0.05, 0.1) is 5.39 Å². The van der Waals surface area contributed by atoms with Crippen molar-refractivity contribution in [3.8, 4) is 11.1 Å². The molecule has 0 amide bonds. The van der Waals surface area contributed by atoms with Crippen LogP contribution >= 0.6 is 23.1 Å². The van der Waals surface area contributed by atoms with Gasteiger partial charge in [0.25, 0.3) is 0 Å². The maximum atomic E-state index is 4.58. The van der Waals surface area contributed by atoms with Gasteiger partial charge in [0.15, 0.2) is 0 Å². The molecule has 0 N–H and O–H groups in total. The zero-order chi connectivity index (χ0) is 17.9. The molecule has 2 nitrogen and oxygen atoms in total. The summed E-state index contributed by atoms with van der Waals surface area (Å²) in [5.74, 6) is 1.48. The van der Waals surface area contributed by atoms with E-state index in [-0.39, 0.29) is 0 Å². The largest absolute Gasteiger partial charge is 0.229 e. The second kappa shape index (κ2) is 7.60. The summed E-state index contributed by atoms with van der Waals surface area (Å²) >= 11 is 3.47. The van der Waals surface area contributed by atoms with E-state index >= 15 is 0 Å². The summed E-state index contributed by atoms with van der Waals surface area (Å²) in [6.45, 7) is 4.45. The van der Waals surface area contributed by atoms with Gasteiger partial charge in [0.1, 0.15) is 16.2 Å². The highest BCUT2D eigenvalue weighted by Gasteiger charge is 2.13. The minimum Gasteiger partial charge on any atom is -0.229 e. The first-order chi connectivity index (χ1) is 12.7. The maximum Gasteiger partial charge on any atom is 0.128 e. The van der Waals surface area contributed by atoms with E-state index in [1.165, 1.54) is 27.6 Å². The molecular formula is C22H20N2S2. The van der Waals surface area contributed by atoms with E-state index < -0.39 is 0 Å². The summed E-state index contributed by atoms with van der Waals surface area (Å²) in [5.41, 5.74) is 5.15. The van der Waals surface area contributed by atoms with E-state index in [4.69, 9.17) is 0 Å². The monoisotopic (exact) mass is 376 g/mol. The van der Waals surface area contributed by atoms with Crippen LogP contribution in [0.3, 0.4) is 0 Å². The Morgan fingerprint density at radius 1 is 0.962 bits per heavy atom. The summed E-state index contributed by atoms with van der Waals surface area (Å²) in [4.78, 5) is 10.1. The van der Waals surface area contributed by atoms with Crippen LogP contribution in [0, 0.1) is 0 Å². The first-order valence-electron chi connectivity index (χ1n) is 8.71. The molecular weight excluding hydrogens is 356 g/mol. The molecule has 4 rings (SSSR count). The number of fused-ring (bicyclic) bond motifs is 1. The van der Waals surface area contributed by atoms with Crippen LogP contribution < -0.4 is 0 Å². The fraction of sp³-hybridized carbons (Fsp3) is 0.182. The molecule has 0 atom stereocenters. The predicted molar refractivity (Wildman–Crippen MR) is 113 cm³/mol. The number of thiophene rings is 1. The Hall–Kier alpha value is -2.17. The number of aromatic nitrogens is 2. The molecule has 26 heavy (non-hydrogen) atoms.